The fourth-order valence-corrected chi connectivity index (χ4v) is 5.22. The molecule has 4 rings (SSSR count). The average Bonchev–Trinajstić information content (AvgIpc) is 3.47. The van der Waals surface area contributed by atoms with Crippen LogP contribution in [0.4, 0.5) is 0 Å². The molecule has 2 aliphatic heterocycles. The number of carbonyl (C=O) groups excluding carboxylic acids is 2. The van der Waals surface area contributed by atoms with Gasteiger partial charge in [0.05, 0.1) is 17.5 Å². The van der Waals surface area contributed by atoms with E-state index in [1.165, 1.54) is 0 Å². The van der Waals surface area contributed by atoms with Crippen LogP contribution in [0.25, 0.3) is 0 Å². The number of hydrogen-bond donors (Lipinski definition) is 3. The molecule has 0 unspecified atom stereocenters. The van der Waals surface area contributed by atoms with Crippen LogP contribution in [-0.2, 0) is 11.3 Å². The predicted octanol–water partition coefficient (Wildman–Crippen LogP) is 3.16. The van der Waals surface area contributed by atoms with E-state index >= 15 is 0 Å². The van der Waals surface area contributed by atoms with E-state index in [-0.39, 0.29) is 23.9 Å². The zero-order valence-corrected chi connectivity index (χ0v) is 17.5. The van der Waals surface area contributed by atoms with Gasteiger partial charge in [0.15, 0.2) is 0 Å². The van der Waals surface area contributed by atoms with Crippen molar-refractivity contribution in [3.8, 4) is 0 Å². The lowest BCUT2D eigenvalue weighted by Gasteiger charge is -2.36. The van der Waals surface area contributed by atoms with Crippen molar-refractivity contribution in [2.45, 2.75) is 71.5 Å². The van der Waals surface area contributed by atoms with Crippen molar-refractivity contribution in [2.75, 3.05) is 0 Å². The summed E-state index contributed by atoms with van der Waals surface area (Å²) in [6.45, 7) is 6.69. The Kier molecular flexibility index (Phi) is 5.23. The highest BCUT2D eigenvalue weighted by molar-refractivity contribution is 5.97. The summed E-state index contributed by atoms with van der Waals surface area (Å²) in [4.78, 5) is 39.2. The first-order chi connectivity index (χ1) is 13.9. The number of aromatic amines is 2. The first-order valence-corrected chi connectivity index (χ1v) is 10.7. The van der Waals surface area contributed by atoms with Crippen molar-refractivity contribution >= 4 is 11.8 Å². The molecule has 2 amide bonds. The van der Waals surface area contributed by atoms with Crippen molar-refractivity contribution < 1.29 is 9.59 Å². The molecule has 4 heterocycles. The standard InChI is InChI=1S/C22H31N5O2/c1-14(2)6-8-22(21(29)26-13-19-24-10-11-25-19)12-16-4-5-18(22)27(16)20(28)17-7-9-23-15(17)3/h7,9-11,14,16,18,23H,4-6,8,12-13H2,1-3H3,(H,24,25)(H,26,29)/t16-,18+,22+/m1/s1. The fourth-order valence-electron chi connectivity index (χ4n) is 5.22. The molecule has 0 radical (unpaired) electrons. The molecule has 2 aromatic rings. The van der Waals surface area contributed by atoms with Crippen LogP contribution in [0.3, 0.4) is 0 Å². The van der Waals surface area contributed by atoms with Gasteiger partial charge in [0.25, 0.3) is 5.91 Å². The molecule has 0 aromatic carbocycles. The third-order valence-corrected chi connectivity index (χ3v) is 6.75. The zero-order valence-electron chi connectivity index (χ0n) is 17.5. The molecule has 2 aliphatic rings. The Morgan fingerprint density at radius 1 is 1.31 bits per heavy atom. The number of amides is 2. The Labute approximate surface area is 171 Å². The lowest BCUT2D eigenvalue weighted by molar-refractivity contribution is -0.133. The first kappa shape index (κ1) is 19.7. The molecule has 3 N–H and O–H groups in total. The summed E-state index contributed by atoms with van der Waals surface area (Å²) in [5.74, 6) is 1.38. The summed E-state index contributed by atoms with van der Waals surface area (Å²) in [5.41, 5.74) is 1.09. The second kappa shape index (κ2) is 7.69. The maximum Gasteiger partial charge on any atom is 0.256 e. The smallest absolute Gasteiger partial charge is 0.256 e. The zero-order chi connectivity index (χ0) is 20.6. The third-order valence-electron chi connectivity index (χ3n) is 6.75. The van der Waals surface area contributed by atoms with Crippen LogP contribution in [0.1, 0.15) is 67.8 Å². The molecule has 0 saturated carbocycles. The Balaban J connectivity index is 1.59. The van der Waals surface area contributed by atoms with Gasteiger partial charge in [-0.3, -0.25) is 9.59 Å². The van der Waals surface area contributed by atoms with Crippen molar-refractivity contribution in [3.05, 3.63) is 41.7 Å². The number of imidazole rings is 1. The minimum atomic E-state index is -0.514. The van der Waals surface area contributed by atoms with Gasteiger partial charge in [0.1, 0.15) is 5.82 Å². The van der Waals surface area contributed by atoms with Crippen molar-refractivity contribution in [1.29, 1.82) is 0 Å². The number of H-pyrrole nitrogens is 2. The van der Waals surface area contributed by atoms with E-state index in [9.17, 15) is 9.59 Å². The normalized spacial score (nSPS) is 25.7. The summed E-state index contributed by atoms with van der Waals surface area (Å²) in [7, 11) is 0. The minimum absolute atomic E-state index is 0.0374. The number of nitrogens with one attached hydrogen (secondary N) is 3. The third kappa shape index (κ3) is 3.47. The van der Waals surface area contributed by atoms with Gasteiger partial charge >= 0.3 is 0 Å². The molecule has 156 valence electrons. The molecular weight excluding hydrogens is 366 g/mol. The van der Waals surface area contributed by atoms with E-state index in [4.69, 9.17) is 0 Å². The number of carbonyl (C=O) groups is 2. The monoisotopic (exact) mass is 397 g/mol. The number of hydrogen-bond acceptors (Lipinski definition) is 3. The molecule has 2 bridgehead atoms. The van der Waals surface area contributed by atoms with E-state index in [0.29, 0.717) is 12.5 Å². The highest BCUT2D eigenvalue weighted by Crippen LogP contribution is 2.53. The molecule has 2 saturated heterocycles. The largest absolute Gasteiger partial charge is 0.365 e. The van der Waals surface area contributed by atoms with Crippen LogP contribution in [0, 0.1) is 18.3 Å². The Hall–Kier alpha value is -2.57. The highest BCUT2D eigenvalue weighted by atomic mass is 16.2. The van der Waals surface area contributed by atoms with Crippen molar-refractivity contribution in [2.24, 2.45) is 11.3 Å². The summed E-state index contributed by atoms with van der Waals surface area (Å²) in [5, 5.41) is 3.11. The number of rotatable bonds is 7. The van der Waals surface area contributed by atoms with Crippen molar-refractivity contribution in [3.63, 3.8) is 0 Å². The SMILES string of the molecule is Cc1[nH]ccc1C(=O)N1[C@@H]2CC[C@H]1[C@@](CCC(C)C)(C(=O)NCc1ncc[nH]1)C2. The van der Waals surface area contributed by atoms with Gasteiger partial charge in [-0.1, -0.05) is 13.8 Å². The second-order valence-corrected chi connectivity index (χ2v) is 8.99. The van der Waals surface area contributed by atoms with E-state index in [1.807, 2.05) is 24.1 Å². The van der Waals surface area contributed by atoms with E-state index < -0.39 is 5.41 Å². The van der Waals surface area contributed by atoms with E-state index in [2.05, 4.69) is 34.1 Å². The molecule has 2 fully saturated rings. The Bertz CT molecular complexity index is 872. The number of nitrogens with zero attached hydrogens (tertiary/aromatic N) is 2. The number of aromatic nitrogens is 3. The molecule has 0 spiro atoms. The highest BCUT2D eigenvalue weighted by Gasteiger charge is 2.60. The molecule has 7 heteroatoms. The summed E-state index contributed by atoms with van der Waals surface area (Å²) < 4.78 is 0. The Morgan fingerprint density at radius 2 is 2.14 bits per heavy atom. The molecule has 0 aliphatic carbocycles. The van der Waals surface area contributed by atoms with Crippen LogP contribution in [-0.4, -0.2) is 43.7 Å². The first-order valence-electron chi connectivity index (χ1n) is 10.7. The molecule has 29 heavy (non-hydrogen) atoms. The van der Waals surface area contributed by atoms with Gasteiger partial charge in [-0.05, 0) is 51.0 Å². The lowest BCUT2D eigenvalue weighted by atomic mass is 9.69. The maximum absolute atomic E-state index is 13.5. The van der Waals surface area contributed by atoms with Gasteiger partial charge in [-0.15, -0.1) is 0 Å². The molecule has 7 nitrogen and oxygen atoms in total. The summed E-state index contributed by atoms with van der Waals surface area (Å²) in [6.07, 6.45) is 9.67. The lowest BCUT2D eigenvalue weighted by Crippen LogP contribution is -2.50. The van der Waals surface area contributed by atoms with Crippen LogP contribution >= 0.6 is 0 Å². The summed E-state index contributed by atoms with van der Waals surface area (Å²) in [6, 6.07) is 1.95. The fraction of sp³-hybridized carbons (Fsp3) is 0.591. The predicted molar refractivity (Wildman–Crippen MR) is 110 cm³/mol. The van der Waals surface area contributed by atoms with Crippen LogP contribution in [0.15, 0.2) is 24.7 Å². The van der Waals surface area contributed by atoms with Gasteiger partial charge in [-0.25, -0.2) is 4.98 Å². The van der Waals surface area contributed by atoms with Gasteiger partial charge in [0.2, 0.25) is 5.91 Å². The van der Waals surface area contributed by atoms with Crippen LogP contribution in [0.2, 0.25) is 0 Å². The van der Waals surface area contributed by atoms with E-state index in [0.717, 1.165) is 49.2 Å². The number of fused-ring (bicyclic) bond motifs is 2. The van der Waals surface area contributed by atoms with Crippen LogP contribution in [0.5, 0.6) is 0 Å². The second-order valence-electron chi connectivity index (χ2n) is 8.99. The van der Waals surface area contributed by atoms with Gasteiger partial charge in [0, 0.05) is 36.4 Å². The van der Waals surface area contributed by atoms with Gasteiger partial charge in [-0.2, -0.15) is 0 Å². The Morgan fingerprint density at radius 3 is 2.79 bits per heavy atom. The van der Waals surface area contributed by atoms with Gasteiger partial charge < -0.3 is 20.2 Å². The van der Waals surface area contributed by atoms with Crippen LogP contribution < -0.4 is 5.32 Å². The van der Waals surface area contributed by atoms with E-state index in [1.54, 1.807) is 12.4 Å². The molecule has 3 atom stereocenters. The molecular formula is C22H31N5O2. The topological polar surface area (TPSA) is 93.9 Å². The quantitative estimate of drug-likeness (QED) is 0.670. The van der Waals surface area contributed by atoms with Crippen molar-refractivity contribution in [1.82, 2.24) is 25.2 Å². The maximum atomic E-state index is 13.5. The minimum Gasteiger partial charge on any atom is -0.365 e. The summed E-state index contributed by atoms with van der Waals surface area (Å²) >= 11 is 0. The number of aryl methyl sites for hydroxylation is 1. The molecule has 2 aromatic heterocycles. The average molecular weight is 398 g/mol.